The van der Waals surface area contributed by atoms with Gasteiger partial charge in [-0.05, 0) is 18.2 Å². The van der Waals surface area contributed by atoms with Crippen LogP contribution in [0.4, 0.5) is 13.2 Å². The fraction of sp³-hybridized carbons (Fsp3) is 0.333. The average Bonchev–Trinajstić information content (AvgIpc) is 2.25. The summed E-state index contributed by atoms with van der Waals surface area (Å²) < 4.78 is 63.4. The van der Waals surface area contributed by atoms with Crippen molar-refractivity contribution in [2.45, 2.75) is 10.8 Å². The van der Waals surface area contributed by atoms with E-state index in [4.69, 9.17) is 17.3 Å². The normalized spacial score (nSPS) is 12.1. The first-order chi connectivity index (χ1) is 8.16. The second kappa shape index (κ2) is 6.76. The molecule has 19 heavy (non-hydrogen) atoms. The van der Waals surface area contributed by atoms with E-state index < -0.39 is 39.7 Å². The number of sulfonamides is 1. The Balaban J connectivity index is 0.00000324. The molecule has 0 aromatic heterocycles. The van der Waals surface area contributed by atoms with Crippen molar-refractivity contribution in [3.63, 3.8) is 0 Å². The summed E-state index contributed by atoms with van der Waals surface area (Å²) in [5, 5.41) is -0.152. The lowest BCUT2D eigenvalue weighted by atomic mass is 10.3. The number of benzene rings is 1. The minimum Gasteiger partial charge on any atom is -0.325 e. The summed E-state index contributed by atoms with van der Waals surface area (Å²) in [4.78, 5) is -0.527. The number of halogens is 5. The molecular formula is C9H11Cl2F3N2O2S. The van der Waals surface area contributed by atoms with Crippen LogP contribution in [0, 0.1) is 5.82 Å². The Morgan fingerprint density at radius 1 is 1.32 bits per heavy atom. The summed E-state index contributed by atoms with van der Waals surface area (Å²) in [5.41, 5.74) is 4.76. The van der Waals surface area contributed by atoms with Gasteiger partial charge in [0.05, 0.1) is 18.0 Å². The number of rotatable bonds is 5. The van der Waals surface area contributed by atoms with Crippen LogP contribution >= 0.6 is 24.0 Å². The van der Waals surface area contributed by atoms with Crippen LogP contribution in [0.15, 0.2) is 23.1 Å². The molecule has 0 atom stereocenters. The topological polar surface area (TPSA) is 72.2 Å². The number of nitrogens with two attached hydrogens (primary N) is 1. The Kier molecular flexibility index (Phi) is 6.56. The first kappa shape index (κ1) is 18.5. The predicted molar refractivity (Wildman–Crippen MR) is 67.8 cm³/mol. The van der Waals surface area contributed by atoms with Crippen molar-refractivity contribution in [3.05, 3.63) is 29.0 Å². The lowest BCUT2D eigenvalue weighted by molar-refractivity contribution is 0.0170. The molecule has 1 rings (SSSR count). The zero-order chi connectivity index (χ0) is 14.0. The molecule has 0 amide bonds. The molecule has 0 heterocycles. The van der Waals surface area contributed by atoms with Gasteiger partial charge in [0.25, 0.3) is 5.92 Å². The Labute approximate surface area is 119 Å². The molecule has 0 fully saturated rings. The van der Waals surface area contributed by atoms with Crippen LogP contribution < -0.4 is 10.5 Å². The maximum Gasteiger partial charge on any atom is 0.273 e. The van der Waals surface area contributed by atoms with E-state index >= 15 is 0 Å². The molecule has 0 unspecified atom stereocenters. The summed E-state index contributed by atoms with van der Waals surface area (Å²) in [6.07, 6.45) is 0. The molecule has 4 nitrogen and oxygen atoms in total. The minimum absolute atomic E-state index is 0. The summed E-state index contributed by atoms with van der Waals surface area (Å²) in [5.74, 6) is -4.25. The van der Waals surface area contributed by atoms with Crippen LogP contribution in [-0.4, -0.2) is 27.4 Å². The minimum atomic E-state index is -4.26. The standard InChI is InChI=1S/C9H10ClF3N2O2S.ClH/c10-6-1-7(11)3-8(2-6)18(16,17)15-5-9(12,13)4-14;/h1-3,15H,4-5,14H2;1H. The van der Waals surface area contributed by atoms with Gasteiger partial charge in [-0.3, -0.25) is 0 Å². The molecule has 10 heteroatoms. The molecule has 0 bridgehead atoms. The summed E-state index contributed by atoms with van der Waals surface area (Å²) >= 11 is 5.47. The SMILES string of the molecule is Cl.NCC(F)(F)CNS(=O)(=O)c1cc(F)cc(Cl)c1. The fourth-order valence-electron chi connectivity index (χ4n) is 1.04. The molecule has 0 saturated heterocycles. The summed E-state index contributed by atoms with van der Waals surface area (Å²) in [7, 11) is -4.26. The van der Waals surface area contributed by atoms with E-state index in [9.17, 15) is 21.6 Å². The van der Waals surface area contributed by atoms with Gasteiger partial charge in [-0.1, -0.05) is 11.6 Å². The van der Waals surface area contributed by atoms with Gasteiger partial charge in [-0.15, -0.1) is 12.4 Å². The quantitative estimate of drug-likeness (QED) is 0.859. The maximum atomic E-state index is 13.0. The van der Waals surface area contributed by atoms with Gasteiger partial charge in [0.2, 0.25) is 10.0 Å². The van der Waals surface area contributed by atoms with Gasteiger partial charge in [0, 0.05) is 5.02 Å². The van der Waals surface area contributed by atoms with Gasteiger partial charge in [-0.2, -0.15) is 0 Å². The number of hydrogen-bond donors (Lipinski definition) is 2. The predicted octanol–water partition coefficient (Wildman–Crippen LogP) is 1.77. The van der Waals surface area contributed by atoms with E-state index in [1.807, 2.05) is 0 Å². The molecule has 110 valence electrons. The molecular weight excluding hydrogens is 328 g/mol. The van der Waals surface area contributed by atoms with E-state index in [0.717, 1.165) is 12.1 Å². The van der Waals surface area contributed by atoms with Crippen molar-refractivity contribution in [2.24, 2.45) is 5.73 Å². The molecule has 1 aromatic rings. The third-order valence-corrected chi connectivity index (χ3v) is 3.56. The highest BCUT2D eigenvalue weighted by Gasteiger charge is 2.29. The van der Waals surface area contributed by atoms with E-state index in [1.165, 1.54) is 0 Å². The highest BCUT2D eigenvalue weighted by molar-refractivity contribution is 7.89. The van der Waals surface area contributed by atoms with Crippen molar-refractivity contribution in [1.82, 2.24) is 4.72 Å². The highest BCUT2D eigenvalue weighted by Crippen LogP contribution is 2.19. The average molecular weight is 339 g/mol. The first-order valence-corrected chi connectivity index (χ1v) is 6.56. The second-order valence-corrected chi connectivity index (χ2v) is 5.69. The van der Waals surface area contributed by atoms with Gasteiger partial charge in [0.15, 0.2) is 0 Å². The lowest BCUT2D eigenvalue weighted by Gasteiger charge is -2.14. The third-order valence-electron chi connectivity index (χ3n) is 1.97. The molecule has 0 aliphatic heterocycles. The Morgan fingerprint density at radius 3 is 2.37 bits per heavy atom. The first-order valence-electron chi connectivity index (χ1n) is 4.70. The van der Waals surface area contributed by atoms with Gasteiger partial charge in [0.1, 0.15) is 5.82 Å². The van der Waals surface area contributed by atoms with E-state index in [2.05, 4.69) is 0 Å². The molecule has 3 N–H and O–H groups in total. The lowest BCUT2D eigenvalue weighted by Crippen LogP contribution is -2.41. The van der Waals surface area contributed by atoms with Crippen LogP contribution in [0.25, 0.3) is 0 Å². The van der Waals surface area contributed by atoms with Crippen LogP contribution in [0.5, 0.6) is 0 Å². The van der Waals surface area contributed by atoms with E-state index in [0.29, 0.717) is 6.07 Å². The zero-order valence-corrected chi connectivity index (χ0v) is 11.8. The van der Waals surface area contributed by atoms with Crippen molar-refractivity contribution in [1.29, 1.82) is 0 Å². The largest absolute Gasteiger partial charge is 0.325 e. The number of alkyl halides is 2. The van der Waals surface area contributed by atoms with E-state index in [-0.39, 0.29) is 17.4 Å². The molecule has 0 spiro atoms. The molecule has 0 radical (unpaired) electrons. The smallest absolute Gasteiger partial charge is 0.273 e. The zero-order valence-electron chi connectivity index (χ0n) is 9.37. The summed E-state index contributed by atoms with van der Waals surface area (Å²) in [6.45, 7) is -2.17. The molecule has 1 aromatic carbocycles. The maximum absolute atomic E-state index is 13.0. The number of hydrogen-bond acceptors (Lipinski definition) is 3. The Bertz CT molecular complexity index is 520. The third kappa shape index (κ3) is 5.53. The Morgan fingerprint density at radius 2 is 1.89 bits per heavy atom. The molecule has 0 aliphatic carbocycles. The van der Waals surface area contributed by atoms with Crippen molar-refractivity contribution >= 4 is 34.0 Å². The van der Waals surface area contributed by atoms with Crippen LogP contribution in [0.2, 0.25) is 5.02 Å². The Hall–Kier alpha value is -0.540. The van der Waals surface area contributed by atoms with Gasteiger partial charge in [-0.25, -0.2) is 26.3 Å². The molecule has 0 saturated carbocycles. The highest BCUT2D eigenvalue weighted by atomic mass is 35.5. The van der Waals surface area contributed by atoms with Crippen LogP contribution in [-0.2, 0) is 10.0 Å². The van der Waals surface area contributed by atoms with Gasteiger partial charge < -0.3 is 5.73 Å². The van der Waals surface area contributed by atoms with Crippen LogP contribution in [0.1, 0.15) is 0 Å². The van der Waals surface area contributed by atoms with Crippen molar-refractivity contribution in [2.75, 3.05) is 13.1 Å². The summed E-state index contributed by atoms with van der Waals surface area (Å²) in [6, 6.07) is 2.53. The number of nitrogens with one attached hydrogen (secondary N) is 1. The molecule has 0 aliphatic rings. The van der Waals surface area contributed by atoms with Crippen molar-refractivity contribution < 1.29 is 21.6 Å². The van der Waals surface area contributed by atoms with Crippen LogP contribution in [0.3, 0.4) is 0 Å². The van der Waals surface area contributed by atoms with Gasteiger partial charge >= 0.3 is 0 Å². The fourth-order valence-corrected chi connectivity index (χ4v) is 2.44. The van der Waals surface area contributed by atoms with E-state index in [1.54, 1.807) is 4.72 Å². The second-order valence-electron chi connectivity index (χ2n) is 3.49. The van der Waals surface area contributed by atoms with Crippen molar-refractivity contribution in [3.8, 4) is 0 Å². The monoisotopic (exact) mass is 338 g/mol.